The van der Waals surface area contributed by atoms with Gasteiger partial charge in [0.25, 0.3) is 0 Å². The number of aliphatic carboxylic acids is 1. The van der Waals surface area contributed by atoms with Crippen molar-refractivity contribution < 1.29 is 29.0 Å². The average molecular weight is 362 g/mol. The van der Waals surface area contributed by atoms with Crippen molar-refractivity contribution in [3.05, 3.63) is 35.9 Å². The Hall–Kier alpha value is -2.90. The average Bonchev–Trinajstić information content (AvgIpc) is 2.99. The standard InChI is InChI=1S/C18H22N2O6/c1-11(2)15(17(23)24)19-16(22)13-8-9-14(21)20(13)18(25)26-10-12-6-4-3-5-7-12/h3-7,11,13,15H,8-10H2,1-2H3,(H,19,22)(H,23,24)/t13-,15-/m0/s1. The largest absolute Gasteiger partial charge is 0.480 e. The molecule has 1 fully saturated rings. The molecule has 1 aromatic rings. The first kappa shape index (κ1) is 19.4. The summed E-state index contributed by atoms with van der Waals surface area (Å²) < 4.78 is 5.13. The highest BCUT2D eigenvalue weighted by Crippen LogP contribution is 2.21. The Balaban J connectivity index is 2.03. The van der Waals surface area contributed by atoms with Gasteiger partial charge in [0.15, 0.2) is 0 Å². The van der Waals surface area contributed by atoms with E-state index >= 15 is 0 Å². The number of imide groups is 1. The molecule has 0 spiro atoms. The van der Waals surface area contributed by atoms with Crippen LogP contribution >= 0.6 is 0 Å². The second kappa shape index (κ2) is 8.46. The monoisotopic (exact) mass is 362 g/mol. The van der Waals surface area contributed by atoms with Crippen molar-refractivity contribution in [3.63, 3.8) is 0 Å². The van der Waals surface area contributed by atoms with E-state index in [1.165, 1.54) is 0 Å². The van der Waals surface area contributed by atoms with E-state index in [9.17, 15) is 24.3 Å². The van der Waals surface area contributed by atoms with Gasteiger partial charge in [-0.1, -0.05) is 44.2 Å². The van der Waals surface area contributed by atoms with Crippen LogP contribution in [-0.4, -0.2) is 46.0 Å². The molecule has 0 aromatic heterocycles. The van der Waals surface area contributed by atoms with Crippen molar-refractivity contribution in [3.8, 4) is 0 Å². The SMILES string of the molecule is CC(C)[C@H](NC(=O)[C@@H]1CCC(=O)N1C(=O)OCc1ccccc1)C(=O)O. The van der Waals surface area contributed by atoms with Gasteiger partial charge in [0, 0.05) is 6.42 Å². The Labute approximate surface area is 151 Å². The molecular formula is C18H22N2O6. The number of hydrogen-bond donors (Lipinski definition) is 2. The lowest BCUT2D eigenvalue weighted by Crippen LogP contribution is -2.53. The predicted molar refractivity (Wildman–Crippen MR) is 90.9 cm³/mol. The highest BCUT2D eigenvalue weighted by atomic mass is 16.6. The second-order valence-corrected chi connectivity index (χ2v) is 6.43. The number of benzene rings is 1. The van der Waals surface area contributed by atoms with Crippen LogP contribution in [0.4, 0.5) is 4.79 Å². The topological polar surface area (TPSA) is 113 Å². The van der Waals surface area contributed by atoms with Crippen LogP contribution < -0.4 is 5.32 Å². The number of nitrogens with one attached hydrogen (secondary N) is 1. The third-order valence-corrected chi connectivity index (χ3v) is 4.15. The Morgan fingerprint density at radius 2 is 1.92 bits per heavy atom. The first-order chi connectivity index (χ1) is 12.3. The second-order valence-electron chi connectivity index (χ2n) is 6.43. The van der Waals surface area contributed by atoms with Crippen molar-refractivity contribution in [2.24, 2.45) is 5.92 Å². The smallest absolute Gasteiger partial charge is 0.417 e. The van der Waals surface area contributed by atoms with Crippen LogP contribution in [0.1, 0.15) is 32.3 Å². The van der Waals surface area contributed by atoms with E-state index < -0.39 is 36.0 Å². The van der Waals surface area contributed by atoms with Crippen LogP contribution in [0.5, 0.6) is 0 Å². The summed E-state index contributed by atoms with van der Waals surface area (Å²) in [5, 5.41) is 11.6. The lowest BCUT2D eigenvalue weighted by Gasteiger charge is -2.24. The van der Waals surface area contributed by atoms with E-state index in [-0.39, 0.29) is 25.4 Å². The normalized spacial score (nSPS) is 17.9. The minimum atomic E-state index is -1.17. The number of rotatable bonds is 6. The molecule has 140 valence electrons. The number of carbonyl (C=O) groups excluding carboxylic acids is 3. The van der Waals surface area contributed by atoms with Crippen LogP contribution in [0.3, 0.4) is 0 Å². The number of hydrogen-bond acceptors (Lipinski definition) is 5. The fraction of sp³-hybridized carbons (Fsp3) is 0.444. The molecule has 8 nitrogen and oxygen atoms in total. The fourth-order valence-corrected chi connectivity index (χ4v) is 2.71. The maximum Gasteiger partial charge on any atom is 0.417 e. The maximum absolute atomic E-state index is 12.4. The molecular weight excluding hydrogens is 340 g/mol. The molecule has 2 N–H and O–H groups in total. The zero-order valence-electron chi connectivity index (χ0n) is 14.7. The summed E-state index contributed by atoms with van der Waals surface area (Å²) in [4.78, 5) is 48.8. The number of nitrogens with zero attached hydrogens (tertiary/aromatic N) is 1. The van der Waals surface area contributed by atoms with Crippen molar-refractivity contribution in [1.82, 2.24) is 10.2 Å². The molecule has 0 aliphatic carbocycles. The molecule has 1 heterocycles. The number of likely N-dealkylation sites (tertiary alicyclic amines) is 1. The third-order valence-electron chi connectivity index (χ3n) is 4.15. The van der Waals surface area contributed by atoms with Gasteiger partial charge in [-0.05, 0) is 17.9 Å². The van der Waals surface area contributed by atoms with Crippen LogP contribution in [0.25, 0.3) is 0 Å². The lowest BCUT2D eigenvalue weighted by atomic mass is 10.0. The molecule has 0 saturated carbocycles. The third kappa shape index (κ3) is 4.59. The number of amides is 3. The van der Waals surface area contributed by atoms with Gasteiger partial charge in [-0.25, -0.2) is 14.5 Å². The number of carbonyl (C=O) groups is 4. The first-order valence-corrected chi connectivity index (χ1v) is 8.37. The van der Waals surface area contributed by atoms with E-state index in [2.05, 4.69) is 5.32 Å². The molecule has 1 aliphatic heterocycles. The maximum atomic E-state index is 12.4. The highest BCUT2D eigenvalue weighted by molar-refractivity contribution is 6.01. The minimum absolute atomic E-state index is 0.0257. The van der Waals surface area contributed by atoms with Crippen LogP contribution in [0.15, 0.2) is 30.3 Å². The van der Waals surface area contributed by atoms with E-state index in [1.54, 1.807) is 38.1 Å². The van der Waals surface area contributed by atoms with Gasteiger partial charge in [0.2, 0.25) is 11.8 Å². The summed E-state index contributed by atoms with van der Waals surface area (Å²) in [5.41, 5.74) is 0.749. The predicted octanol–water partition coefficient (Wildman–Crippen LogP) is 1.54. The Morgan fingerprint density at radius 1 is 1.27 bits per heavy atom. The summed E-state index contributed by atoms with van der Waals surface area (Å²) in [5.74, 6) is -2.70. The highest BCUT2D eigenvalue weighted by Gasteiger charge is 2.42. The quantitative estimate of drug-likeness (QED) is 0.794. The Kier molecular flexibility index (Phi) is 6.32. The molecule has 1 saturated heterocycles. The number of carboxylic acid groups (broad SMARTS) is 1. The van der Waals surface area contributed by atoms with Crippen molar-refractivity contribution in [2.75, 3.05) is 0 Å². The minimum Gasteiger partial charge on any atom is -0.480 e. The molecule has 0 radical (unpaired) electrons. The molecule has 0 unspecified atom stereocenters. The van der Waals surface area contributed by atoms with Crippen molar-refractivity contribution in [2.45, 2.75) is 45.4 Å². The molecule has 8 heteroatoms. The van der Waals surface area contributed by atoms with Crippen LogP contribution in [0, 0.1) is 5.92 Å². The number of ether oxygens (including phenoxy) is 1. The van der Waals surface area contributed by atoms with Gasteiger partial charge in [-0.2, -0.15) is 0 Å². The molecule has 2 rings (SSSR count). The van der Waals surface area contributed by atoms with Gasteiger partial charge in [-0.15, -0.1) is 0 Å². The molecule has 3 amide bonds. The molecule has 1 aromatic carbocycles. The van der Waals surface area contributed by atoms with Crippen LogP contribution in [0.2, 0.25) is 0 Å². The first-order valence-electron chi connectivity index (χ1n) is 8.37. The molecule has 26 heavy (non-hydrogen) atoms. The molecule has 0 bridgehead atoms. The zero-order chi connectivity index (χ0) is 19.3. The van der Waals surface area contributed by atoms with E-state index in [0.717, 1.165) is 10.5 Å². The summed E-state index contributed by atoms with van der Waals surface area (Å²) >= 11 is 0. The molecule has 2 atom stereocenters. The van der Waals surface area contributed by atoms with Gasteiger partial charge in [0.1, 0.15) is 18.7 Å². The van der Waals surface area contributed by atoms with Gasteiger partial charge in [0.05, 0.1) is 0 Å². The lowest BCUT2D eigenvalue weighted by molar-refractivity contribution is -0.144. The zero-order valence-corrected chi connectivity index (χ0v) is 14.7. The summed E-state index contributed by atoms with van der Waals surface area (Å²) in [7, 11) is 0. The van der Waals surface area contributed by atoms with E-state index in [1.807, 2.05) is 6.07 Å². The van der Waals surface area contributed by atoms with Gasteiger partial charge in [-0.3, -0.25) is 9.59 Å². The summed E-state index contributed by atoms with van der Waals surface area (Å²) in [6.45, 7) is 3.29. The van der Waals surface area contributed by atoms with Gasteiger partial charge >= 0.3 is 12.1 Å². The fourth-order valence-electron chi connectivity index (χ4n) is 2.71. The van der Waals surface area contributed by atoms with E-state index in [0.29, 0.717) is 0 Å². The number of carboxylic acids is 1. The summed E-state index contributed by atoms with van der Waals surface area (Å²) in [6.07, 6.45) is -0.749. The Morgan fingerprint density at radius 3 is 2.50 bits per heavy atom. The van der Waals surface area contributed by atoms with Gasteiger partial charge < -0.3 is 15.2 Å². The van der Waals surface area contributed by atoms with Crippen molar-refractivity contribution >= 4 is 23.9 Å². The Bertz CT molecular complexity index is 688. The summed E-state index contributed by atoms with van der Waals surface area (Å²) in [6, 6.07) is 6.78. The van der Waals surface area contributed by atoms with Crippen LogP contribution in [-0.2, 0) is 25.7 Å². The van der Waals surface area contributed by atoms with E-state index in [4.69, 9.17) is 4.74 Å². The van der Waals surface area contributed by atoms with Crippen molar-refractivity contribution in [1.29, 1.82) is 0 Å². The molecule has 1 aliphatic rings.